The molecule has 0 spiro atoms. The average molecular weight is 484 g/mol. The number of carbonyl (C=O) groups is 1. The average Bonchev–Trinajstić information content (AvgIpc) is 3.23. The summed E-state index contributed by atoms with van der Waals surface area (Å²) in [5.41, 5.74) is 5.87. The Labute approximate surface area is 200 Å². The van der Waals surface area contributed by atoms with Gasteiger partial charge in [0, 0.05) is 31.8 Å². The second kappa shape index (κ2) is 9.14. The van der Waals surface area contributed by atoms with E-state index >= 15 is 0 Å². The first-order valence-corrected chi connectivity index (χ1v) is 11.2. The van der Waals surface area contributed by atoms with Gasteiger partial charge in [0.2, 0.25) is 5.95 Å². The van der Waals surface area contributed by atoms with Gasteiger partial charge in [-0.15, -0.1) is 5.10 Å². The second-order valence-corrected chi connectivity index (χ2v) is 9.16. The smallest absolute Gasteiger partial charge is 0.272 e. The van der Waals surface area contributed by atoms with Crippen molar-refractivity contribution in [1.29, 1.82) is 0 Å². The SMILES string of the molecule is C[C@@H](CCCc1nc2c3cc(F)cc(F)c3nc(N)n2n1)N(C)C(=O)c1cc(C(C)(C)O)ccn1. The zero-order chi connectivity index (χ0) is 25.5. The number of hydrogen-bond donors (Lipinski definition) is 2. The molecule has 0 unspecified atom stereocenters. The number of nitrogen functional groups attached to an aromatic ring is 1. The highest BCUT2D eigenvalue weighted by Gasteiger charge is 2.22. The van der Waals surface area contributed by atoms with Crippen molar-refractivity contribution in [3.63, 3.8) is 0 Å². The van der Waals surface area contributed by atoms with Crippen LogP contribution in [0.2, 0.25) is 0 Å². The van der Waals surface area contributed by atoms with E-state index in [1.54, 1.807) is 37.9 Å². The van der Waals surface area contributed by atoms with E-state index in [0.717, 1.165) is 12.1 Å². The van der Waals surface area contributed by atoms with E-state index in [9.17, 15) is 18.7 Å². The second-order valence-electron chi connectivity index (χ2n) is 9.16. The largest absolute Gasteiger partial charge is 0.386 e. The van der Waals surface area contributed by atoms with E-state index in [1.807, 2.05) is 6.92 Å². The van der Waals surface area contributed by atoms with Crippen LogP contribution >= 0.6 is 0 Å². The maximum Gasteiger partial charge on any atom is 0.272 e. The molecule has 0 aliphatic heterocycles. The molecule has 0 aliphatic rings. The van der Waals surface area contributed by atoms with Crippen molar-refractivity contribution >= 4 is 28.4 Å². The molecule has 1 aromatic carbocycles. The van der Waals surface area contributed by atoms with Gasteiger partial charge in [0.05, 0.1) is 11.0 Å². The molecule has 0 fully saturated rings. The molecule has 0 saturated heterocycles. The molecule has 0 bridgehead atoms. The Balaban J connectivity index is 1.45. The van der Waals surface area contributed by atoms with E-state index in [2.05, 4.69) is 20.1 Å². The molecule has 3 N–H and O–H groups in total. The number of fused-ring (bicyclic) bond motifs is 3. The Morgan fingerprint density at radius 2 is 2.00 bits per heavy atom. The van der Waals surface area contributed by atoms with E-state index in [4.69, 9.17) is 5.73 Å². The van der Waals surface area contributed by atoms with Crippen molar-refractivity contribution in [3.05, 3.63) is 59.2 Å². The minimum atomic E-state index is -1.08. The van der Waals surface area contributed by atoms with E-state index in [-0.39, 0.29) is 40.1 Å². The molecule has 4 rings (SSSR count). The summed E-state index contributed by atoms with van der Waals surface area (Å²) in [5.74, 6) is -1.39. The summed E-state index contributed by atoms with van der Waals surface area (Å²) in [4.78, 5) is 27.1. The monoisotopic (exact) mass is 483 g/mol. The lowest BCUT2D eigenvalue weighted by atomic mass is 9.98. The molecule has 11 heteroatoms. The highest BCUT2D eigenvalue weighted by atomic mass is 19.1. The van der Waals surface area contributed by atoms with Gasteiger partial charge < -0.3 is 15.7 Å². The summed E-state index contributed by atoms with van der Waals surface area (Å²) in [7, 11) is 1.70. The molecule has 0 saturated carbocycles. The number of aliphatic hydroxyl groups is 1. The predicted octanol–water partition coefficient (Wildman–Crippen LogP) is 3.24. The Hall–Kier alpha value is -3.73. The molecular formula is C24H27F2N7O2. The highest BCUT2D eigenvalue weighted by Crippen LogP contribution is 2.24. The number of pyridine rings is 1. The number of anilines is 1. The minimum Gasteiger partial charge on any atom is -0.386 e. The van der Waals surface area contributed by atoms with E-state index in [0.29, 0.717) is 30.7 Å². The van der Waals surface area contributed by atoms with Crippen LogP contribution in [-0.4, -0.2) is 53.6 Å². The number of rotatable bonds is 7. The first-order chi connectivity index (χ1) is 16.5. The topological polar surface area (TPSA) is 123 Å². The summed E-state index contributed by atoms with van der Waals surface area (Å²) in [5, 5.41) is 14.7. The molecule has 1 atom stereocenters. The van der Waals surface area contributed by atoms with Gasteiger partial charge in [0.15, 0.2) is 17.3 Å². The van der Waals surface area contributed by atoms with Gasteiger partial charge >= 0.3 is 0 Å². The molecule has 3 heterocycles. The predicted molar refractivity (Wildman–Crippen MR) is 127 cm³/mol. The third-order valence-electron chi connectivity index (χ3n) is 6.05. The van der Waals surface area contributed by atoms with Crippen LogP contribution in [-0.2, 0) is 12.0 Å². The molecular weight excluding hydrogens is 456 g/mol. The third kappa shape index (κ3) is 4.90. The van der Waals surface area contributed by atoms with E-state index < -0.39 is 17.2 Å². The van der Waals surface area contributed by atoms with Crippen molar-refractivity contribution in [2.45, 2.75) is 51.7 Å². The fourth-order valence-corrected chi connectivity index (χ4v) is 3.86. The lowest BCUT2D eigenvalue weighted by Gasteiger charge is -2.25. The van der Waals surface area contributed by atoms with Crippen LogP contribution in [0.15, 0.2) is 30.5 Å². The first kappa shape index (κ1) is 24.4. The lowest BCUT2D eigenvalue weighted by molar-refractivity contribution is 0.0722. The standard InChI is InChI=1S/C24H27F2N7O2/c1-13(32(4)22(34)18-10-14(8-9-28-18)24(2,3)35)6-5-7-19-29-21-16-11-15(25)12-17(26)20(16)30-23(27)33(21)31-19/h8-13,35H,5-7H2,1-4H3,(H2,27,30)/t13-/m0/s1. The summed E-state index contributed by atoms with van der Waals surface area (Å²) < 4.78 is 29.2. The van der Waals surface area contributed by atoms with Crippen molar-refractivity contribution in [2.24, 2.45) is 0 Å². The Morgan fingerprint density at radius 3 is 2.71 bits per heavy atom. The van der Waals surface area contributed by atoms with Gasteiger partial charge in [-0.1, -0.05) is 0 Å². The number of aryl methyl sites for hydroxylation is 1. The van der Waals surface area contributed by atoms with Gasteiger partial charge in [0.1, 0.15) is 17.0 Å². The zero-order valence-corrected chi connectivity index (χ0v) is 20.0. The molecule has 3 aromatic heterocycles. The van der Waals surface area contributed by atoms with Crippen LogP contribution in [0.25, 0.3) is 16.6 Å². The number of nitrogens with two attached hydrogens (primary N) is 1. The van der Waals surface area contributed by atoms with Gasteiger partial charge in [-0.25, -0.2) is 18.7 Å². The Kier molecular flexibility index (Phi) is 6.37. The van der Waals surface area contributed by atoms with Gasteiger partial charge in [-0.3, -0.25) is 9.78 Å². The maximum atomic E-state index is 14.1. The van der Waals surface area contributed by atoms with Crippen LogP contribution in [0.5, 0.6) is 0 Å². The van der Waals surface area contributed by atoms with Crippen molar-refractivity contribution in [2.75, 3.05) is 12.8 Å². The number of carbonyl (C=O) groups excluding carboxylic acids is 1. The Bertz CT molecular complexity index is 1410. The Morgan fingerprint density at radius 1 is 1.26 bits per heavy atom. The van der Waals surface area contributed by atoms with Gasteiger partial charge in [-0.05, 0) is 57.4 Å². The molecule has 0 radical (unpaired) electrons. The van der Waals surface area contributed by atoms with Gasteiger partial charge in [0.25, 0.3) is 5.91 Å². The van der Waals surface area contributed by atoms with Crippen LogP contribution in [0, 0.1) is 11.6 Å². The van der Waals surface area contributed by atoms with Crippen LogP contribution in [0.4, 0.5) is 14.7 Å². The fraction of sp³-hybridized carbons (Fsp3) is 0.375. The summed E-state index contributed by atoms with van der Waals surface area (Å²) >= 11 is 0. The molecule has 35 heavy (non-hydrogen) atoms. The first-order valence-electron chi connectivity index (χ1n) is 11.2. The molecule has 184 valence electrons. The van der Waals surface area contributed by atoms with Crippen molar-refractivity contribution in [3.8, 4) is 0 Å². The molecule has 1 amide bonds. The highest BCUT2D eigenvalue weighted by molar-refractivity contribution is 5.93. The fourth-order valence-electron chi connectivity index (χ4n) is 3.86. The maximum absolute atomic E-state index is 14.1. The van der Waals surface area contributed by atoms with Gasteiger partial charge in [-0.2, -0.15) is 4.52 Å². The summed E-state index contributed by atoms with van der Waals surface area (Å²) in [6.45, 7) is 5.22. The number of aromatic nitrogens is 5. The summed E-state index contributed by atoms with van der Waals surface area (Å²) in [6.07, 6.45) is 3.29. The minimum absolute atomic E-state index is 0.0451. The van der Waals surface area contributed by atoms with Crippen LogP contribution in [0.3, 0.4) is 0 Å². The molecule has 0 aliphatic carbocycles. The number of hydrogen-bond acceptors (Lipinski definition) is 7. The number of amides is 1. The normalized spacial score (nSPS) is 12.9. The van der Waals surface area contributed by atoms with Crippen LogP contribution in [0.1, 0.15) is 55.5 Å². The third-order valence-corrected chi connectivity index (χ3v) is 6.05. The number of nitrogens with zero attached hydrogens (tertiary/aromatic N) is 6. The van der Waals surface area contributed by atoms with E-state index in [1.165, 1.54) is 10.7 Å². The number of benzene rings is 1. The van der Waals surface area contributed by atoms with Crippen molar-refractivity contribution < 1.29 is 18.7 Å². The van der Waals surface area contributed by atoms with Crippen molar-refractivity contribution in [1.82, 2.24) is 29.5 Å². The lowest BCUT2D eigenvalue weighted by Crippen LogP contribution is -2.35. The van der Waals surface area contributed by atoms with Crippen LogP contribution < -0.4 is 5.73 Å². The quantitative estimate of drug-likeness (QED) is 0.414. The number of halogens is 2. The zero-order valence-electron chi connectivity index (χ0n) is 20.0. The molecule has 9 nitrogen and oxygen atoms in total. The molecule has 4 aromatic rings. The summed E-state index contributed by atoms with van der Waals surface area (Å²) in [6, 6.07) is 5.07.